The second-order valence-electron chi connectivity index (χ2n) is 7.51. The number of halogens is 1. The fourth-order valence-electron chi connectivity index (χ4n) is 3.31. The molecule has 6 heteroatoms. The molecule has 0 aliphatic carbocycles. The highest BCUT2D eigenvalue weighted by atomic mass is 35.5. The van der Waals surface area contributed by atoms with Gasteiger partial charge in [-0.05, 0) is 55.3 Å². The zero-order valence-corrected chi connectivity index (χ0v) is 18.8. The van der Waals surface area contributed by atoms with Crippen LogP contribution in [0.25, 0.3) is 6.08 Å². The zero-order valence-electron chi connectivity index (χ0n) is 18.0. The molecule has 3 aromatic rings. The van der Waals surface area contributed by atoms with Gasteiger partial charge in [-0.3, -0.25) is 0 Å². The summed E-state index contributed by atoms with van der Waals surface area (Å²) in [6.45, 7) is 4.37. The molecule has 0 amide bonds. The fraction of sp³-hybridized carbons (Fsp3) is 0.154. The molecule has 0 aromatic heterocycles. The van der Waals surface area contributed by atoms with E-state index in [9.17, 15) is 4.79 Å². The summed E-state index contributed by atoms with van der Waals surface area (Å²) in [5.74, 6) is 0.662. The largest absolute Gasteiger partial charge is 0.493 e. The van der Waals surface area contributed by atoms with Gasteiger partial charge in [0, 0.05) is 5.56 Å². The van der Waals surface area contributed by atoms with Gasteiger partial charge < -0.3 is 14.2 Å². The Labute approximate surface area is 191 Å². The van der Waals surface area contributed by atoms with E-state index in [0.717, 1.165) is 22.3 Å². The van der Waals surface area contributed by atoms with Gasteiger partial charge in [-0.25, -0.2) is 9.79 Å². The van der Waals surface area contributed by atoms with Crippen LogP contribution in [0.15, 0.2) is 71.4 Å². The molecule has 0 radical (unpaired) electrons. The van der Waals surface area contributed by atoms with Gasteiger partial charge in [0.05, 0.1) is 12.1 Å². The highest BCUT2D eigenvalue weighted by Crippen LogP contribution is 2.38. The van der Waals surface area contributed by atoms with Gasteiger partial charge in [0.15, 0.2) is 17.2 Å². The maximum Gasteiger partial charge on any atom is 0.363 e. The van der Waals surface area contributed by atoms with E-state index in [1.807, 2.05) is 56.3 Å². The molecular weight excluding hydrogens is 426 g/mol. The Morgan fingerprint density at radius 3 is 2.53 bits per heavy atom. The molecule has 0 fully saturated rings. The van der Waals surface area contributed by atoms with Crippen molar-refractivity contribution in [3.63, 3.8) is 0 Å². The van der Waals surface area contributed by atoms with Crippen molar-refractivity contribution in [2.45, 2.75) is 20.5 Å². The van der Waals surface area contributed by atoms with Gasteiger partial charge >= 0.3 is 5.97 Å². The van der Waals surface area contributed by atoms with Gasteiger partial charge in [-0.1, -0.05) is 59.1 Å². The molecule has 1 aliphatic heterocycles. The quantitative estimate of drug-likeness (QED) is 0.349. The van der Waals surface area contributed by atoms with Crippen LogP contribution in [0.2, 0.25) is 5.02 Å². The van der Waals surface area contributed by atoms with Gasteiger partial charge in [0.2, 0.25) is 5.90 Å². The zero-order chi connectivity index (χ0) is 22.7. The molecule has 4 rings (SSSR count). The van der Waals surface area contributed by atoms with E-state index >= 15 is 0 Å². The number of nitrogens with zero attached hydrogens (tertiary/aromatic N) is 1. The third-order valence-corrected chi connectivity index (χ3v) is 5.22. The number of hydrogen-bond donors (Lipinski definition) is 0. The Bertz CT molecular complexity index is 1230. The van der Waals surface area contributed by atoms with Crippen LogP contribution in [-0.4, -0.2) is 19.0 Å². The average molecular weight is 448 g/mol. The molecule has 0 bridgehead atoms. The summed E-state index contributed by atoms with van der Waals surface area (Å²) in [6.07, 6.45) is 1.61. The number of aliphatic imine (C=N–C) groups is 1. The summed E-state index contributed by atoms with van der Waals surface area (Å²) in [5, 5.41) is 0.373. The second kappa shape index (κ2) is 9.28. The van der Waals surface area contributed by atoms with E-state index in [4.69, 9.17) is 25.8 Å². The first-order chi connectivity index (χ1) is 15.4. The van der Waals surface area contributed by atoms with Gasteiger partial charge in [-0.15, -0.1) is 0 Å². The van der Waals surface area contributed by atoms with Gasteiger partial charge in [0.25, 0.3) is 0 Å². The Hall–Kier alpha value is -3.57. The Balaban J connectivity index is 1.59. The van der Waals surface area contributed by atoms with Crippen LogP contribution in [0.1, 0.15) is 27.8 Å². The van der Waals surface area contributed by atoms with Gasteiger partial charge in [-0.2, -0.15) is 0 Å². The number of rotatable bonds is 6. The van der Waals surface area contributed by atoms with Crippen molar-refractivity contribution in [3.8, 4) is 11.5 Å². The van der Waals surface area contributed by atoms with Gasteiger partial charge in [0.1, 0.15) is 6.61 Å². The van der Waals surface area contributed by atoms with Crippen molar-refractivity contribution < 1.29 is 19.0 Å². The number of carbonyl (C=O) groups is 1. The first-order valence-corrected chi connectivity index (χ1v) is 10.5. The molecule has 1 aliphatic rings. The Morgan fingerprint density at radius 2 is 1.81 bits per heavy atom. The number of esters is 1. The predicted molar refractivity (Wildman–Crippen MR) is 125 cm³/mol. The monoisotopic (exact) mass is 447 g/mol. The molecule has 0 spiro atoms. The lowest BCUT2D eigenvalue weighted by Gasteiger charge is -2.13. The maximum absolute atomic E-state index is 12.3. The van der Waals surface area contributed by atoms with E-state index in [1.165, 1.54) is 0 Å². The summed E-state index contributed by atoms with van der Waals surface area (Å²) in [5.41, 5.74) is 4.87. The molecule has 0 N–H and O–H groups in total. The first kappa shape index (κ1) is 21.7. The molecule has 0 unspecified atom stereocenters. The molecule has 0 saturated heterocycles. The van der Waals surface area contributed by atoms with Crippen molar-refractivity contribution in [2.75, 3.05) is 7.11 Å². The summed E-state index contributed by atoms with van der Waals surface area (Å²) in [6, 6.07) is 19.1. The Kier molecular flexibility index (Phi) is 6.28. The number of aryl methyl sites for hydroxylation is 2. The molecule has 0 saturated carbocycles. The molecule has 0 atom stereocenters. The van der Waals surface area contributed by atoms with E-state index in [1.54, 1.807) is 25.3 Å². The maximum atomic E-state index is 12.3. The topological polar surface area (TPSA) is 57.1 Å². The predicted octanol–water partition coefficient (Wildman–Crippen LogP) is 5.89. The van der Waals surface area contributed by atoms with Crippen LogP contribution in [0.5, 0.6) is 11.5 Å². The third-order valence-electron chi connectivity index (χ3n) is 4.94. The van der Waals surface area contributed by atoms with Crippen LogP contribution in [0.3, 0.4) is 0 Å². The summed E-state index contributed by atoms with van der Waals surface area (Å²) in [4.78, 5) is 16.7. The van der Waals surface area contributed by atoms with Crippen LogP contribution in [-0.2, 0) is 16.1 Å². The lowest BCUT2D eigenvalue weighted by Crippen LogP contribution is -2.05. The number of benzene rings is 3. The molecule has 5 nitrogen and oxygen atoms in total. The highest BCUT2D eigenvalue weighted by molar-refractivity contribution is 6.32. The molecule has 1 heterocycles. The minimum absolute atomic E-state index is 0.187. The summed E-state index contributed by atoms with van der Waals surface area (Å²) in [7, 11) is 1.54. The standard InChI is InChI=1S/C26H22ClNO4/c1-16-7-9-20(10-8-16)25-28-22(26(29)32-25)13-19-12-21(27)24(23(14-19)30-3)31-15-18-6-4-5-17(2)11-18/h4-14H,15H2,1-3H3/b22-13-. The van der Waals surface area contributed by atoms with Crippen molar-refractivity contribution in [3.05, 3.63) is 99.2 Å². The van der Waals surface area contributed by atoms with Crippen molar-refractivity contribution in [1.29, 1.82) is 0 Å². The Morgan fingerprint density at radius 1 is 1.03 bits per heavy atom. The lowest BCUT2D eigenvalue weighted by atomic mass is 10.1. The lowest BCUT2D eigenvalue weighted by molar-refractivity contribution is -0.129. The van der Waals surface area contributed by atoms with E-state index in [0.29, 0.717) is 28.7 Å². The van der Waals surface area contributed by atoms with E-state index < -0.39 is 5.97 Å². The first-order valence-electron chi connectivity index (χ1n) is 10.1. The number of hydrogen-bond acceptors (Lipinski definition) is 5. The van der Waals surface area contributed by atoms with Crippen LogP contribution in [0, 0.1) is 13.8 Å². The summed E-state index contributed by atoms with van der Waals surface area (Å²) < 4.78 is 16.7. The average Bonchev–Trinajstić information content (AvgIpc) is 3.13. The second-order valence-corrected chi connectivity index (χ2v) is 7.92. The van der Waals surface area contributed by atoms with Crippen molar-refractivity contribution in [2.24, 2.45) is 4.99 Å². The number of methoxy groups -OCH3 is 1. The number of ether oxygens (including phenoxy) is 3. The summed E-state index contributed by atoms with van der Waals surface area (Å²) >= 11 is 6.49. The number of carbonyl (C=O) groups excluding carboxylic acids is 1. The van der Waals surface area contributed by atoms with Crippen LogP contribution in [0.4, 0.5) is 0 Å². The molecule has 32 heavy (non-hydrogen) atoms. The van der Waals surface area contributed by atoms with Crippen molar-refractivity contribution >= 4 is 29.5 Å². The third kappa shape index (κ3) is 4.84. The van der Waals surface area contributed by atoms with E-state index in [2.05, 4.69) is 11.1 Å². The number of cyclic esters (lactones) is 1. The highest BCUT2D eigenvalue weighted by Gasteiger charge is 2.24. The fourth-order valence-corrected chi connectivity index (χ4v) is 3.58. The minimum atomic E-state index is -0.518. The SMILES string of the molecule is COc1cc(/C=C2\N=C(c3ccc(C)cc3)OC2=O)cc(Cl)c1OCc1cccc(C)c1. The normalized spacial score (nSPS) is 14.3. The molecule has 162 valence electrons. The molecule has 3 aromatic carbocycles. The van der Waals surface area contributed by atoms with Crippen LogP contribution >= 0.6 is 11.6 Å². The van der Waals surface area contributed by atoms with Crippen LogP contribution < -0.4 is 9.47 Å². The molecular formula is C26H22ClNO4. The van der Waals surface area contributed by atoms with Crippen molar-refractivity contribution in [1.82, 2.24) is 0 Å². The van der Waals surface area contributed by atoms with E-state index in [-0.39, 0.29) is 11.6 Å². The minimum Gasteiger partial charge on any atom is -0.493 e. The smallest absolute Gasteiger partial charge is 0.363 e.